The lowest BCUT2D eigenvalue weighted by Gasteiger charge is -2.17. The summed E-state index contributed by atoms with van der Waals surface area (Å²) in [6.07, 6.45) is 20.1. The van der Waals surface area contributed by atoms with Crippen LogP contribution in [0.15, 0.2) is 12.2 Å². The van der Waals surface area contributed by atoms with Crippen LogP contribution < -0.4 is 0 Å². The van der Waals surface area contributed by atoms with E-state index >= 15 is 0 Å². The molecule has 3 unspecified atom stereocenters. The standard InChI is InChI=1S/C22H40O2/c1-19-15-13-11-9-7-5-3-4-6-8-10-12-14-16-20(2)18-22(24)21(23)17-19/h3-4,19-21,23H,5-18H2,1-2H3/b4-3-. The molecule has 1 rings (SSSR count). The Hall–Kier alpha value is -0.630. The smallest absolute Gasteiger partial charge is 0.161 e. The van der Waals surface area contributed by atoms with E-state index in [-0.39, 0.29) is 5.78 Å². The second kappa shape index (κ2) is 13.6. The predicted octanol–water partition coefficient (Wildman–Crippen LogP) is 6.22. The van der Waals surface area contributed by atoms with E-state index in [0.717, 1.165) is 12.8 Å². The summed E-state index contributed by atoms with van der Waals surface area (Å²) in [5.41, 5.74) is 0. The number of aliphatic hydroxyl groups is 1. The van der Waals surface area contributed by atoms with Gasteiger partial charge in [-0.2, -0.15) is 0 Å². The number of aliphatic hydroxyl groups excluding tert-OH is 1. The van der Waals surface area contributed by atoms with Crippen molar-refractivity contribution in [2.75, 3.05) is 0 Å². The molecule has 0 aliphatic heterocycles. The van der Waals surface area contributed by atoms with Gasteiger partial charge in [0, 0.05) is 6.42 Å². The summed E-state index contributed by atoms with van der Waals surface area (Å²) in [5, 5.41) is 10.2. The Kier molecular flexibility index (Phi) is 12.2. The molecule has 0 fully saturated rings. The van der Waals surface area contributed by atoms with Gasteiger partial charge in [0.1, 0.15) is 6.10 Å². The van der Waals surface area contributed by atoms with Crippen LogP contribution in [0.2, 0.25) is 0 Å². The number of rotatable bonds is 0. The number of Topliss-reactive ketones (excluding diaryl/α,β-unsaturated/α-hetero) is 1. The van der Waals surface area contributed by atoms with Crippen molar-refractivity contribution in [1.29, 1.82) is 0 Å². The van der Waals surface area contributed by atoms with Crippen molar-refractivity contribution >= 4 is 5.78 Å². The molecule has 2 nitrogen and oxygen atoms in total. The van der Waals surface area contributed by atoms with Crippen LogP contribution in [0.5, 0.6) is 0 Å². The van der Waals surface area contributed by atoms with Crippen LogP contribution in [0.1, 0.15) is 104 Å². The van der Waals surface area contributed by atoms with Gasteiger partial charge in [-0.05, 0) is 43.9 Å². The van der Waals surface area contributed by atoms with Crippen molar-refractivity contribution < 1.29 is 9.90 Å². The summed E-state index contributed by atoms with van der Waals surface area (Å²) in [6.45, 7) is 4.33. The maximum atomic E-state index is 12.2. The molecule has 2 heteroatoms. The van der Waals surface area contributed by atoms with Gasteiger partial charge in [-0.25, -0.2) is 0 Å². The molecule has 1 aliphatic rings. The van der Waals surface area contributed by atoms with Gasteiger partial charge in [-0.1, -0.05) is 77.4 Å². The number of carbonyl (C=O) groups excluding carboxylic acids is 1. The number of hydrogen-bond acceptors (Lipinski definition) is 2. The molecule has 3 atom stereocenters. The lowest BCUT2D eigenvalue weighted by molar-refractivity contribution is -0.128. The average Bonchev–Trinajstić information content (AvgIpc) is 2.54. The highest BCUT2D eigenvalue weighted by molar-refractivity contribution is 5.82. The van der Waals surface area contributed by atoms with Crippen LogP contribution in [0.4, 0.5) is 0 Å². The normalized spacial score (nSPS) is 32.1. The Balaban J connectivity index is 2.40. The highest BCUT2D eigenvalue weighted by atomic mass is 16.3. The second-order valence-corrected chi connectivity index (χ2v) is 8.09. The van der Waals surface area contributed by atoms with E-state index in [1.165, 1.54) is 64.2 Å². The monoisotopic (exact) mass is 336 g/mol. The first-order valence-electron chi connectivity index (χ1n) is 10.5. The summed E-state index contributed by atoms with van der Waals surface area (Å²) >= 11 is 0. The van der Waals surface area contributed by atoms with Gasteiger partial charge in [0.2, 0.25) is 0 Å². The fourth-order valence-corrected chi connectivity index (χ4v) is 3.66. The summed E-state index contributed by atoms with van der Waals surface area (Å²) in [6, 6.07) is 0. The van der Waals surface area contributed by atoms with Crippen molar-refractivity contribution in [1.82, 2.24) is 0 Å². The molecule has 1 N–H and O–H groups in total. The van der Waals surface area contributed by atoms with Crippen molar-refractivity contribution in [3.63, 3.8) is 0 Å². The van der Waals surface area contributed by atoms with Crippen molar-refractivity contribution in [2.24, 2.45) is 11.8 Å². The number of ketones is 1. The molecule has 24 heavy (non-hydrogen) atoms. The first kappa shape index (κ1) is 21.4. The topological polar surface area (TPSA) is 37.3 Å². The summed E-state index contributed by atoms with van der Waals surface area (Å²) in [4.78, 5) is 12.2. The highest BCUT2D eigenvalue weighted by Crippen LogP contribution is 2.20. The molecule has 0 aromatic heterocycles. The minimum atomic E-state index is -0.738. The van der Waals surface area contributed by atoms with Crippen LogP contribution in [-0.2, 0) is 4.79 Å². The van der Waals surface area contributed by atoms with Crippen LogP contribution >= 0.6 is 0 Å². The zero-order valence-corrected chi connectivity index (χ0v) is 16.1. The van der Waals surface area contributed by atoms with Gasteiger partial charge < -0.3 is 5.11 Å². The molecule has 0 bridgehead atoms. The van der Waals surface area contributed by atoms with Gasteiger partial charge in [-0.3, -0.25) is 4.79 Å². The molecule has 0 amide bonds. The molecule has 0 spiro atoms. The Morgan fingerprint density at radius 1 is 0.792 bits per heavy atom. The quantitative estimate of drug-likeness (QED) is 0.533. The van der Waals surface area contributed by atoms with Gasteiger partial charge in [0.25, 0.3) is 0 Å². The lowest BCUT2D eigenvalue weighted by Crippen LogP contribution is -2.24. The molecule has 0 heterocycles. The Morgan fingerprint density at radius 2 is 1.29 bits per heavy atom. The average molecular weight is 337 g/mol. The van der Waals surface area contributed by atoms with Crippen LogP contribution in [-0.4, -0.2) is 17.0 Å². The first-order chi connectivity index (χ1) is 11.6. The fraction of sp³-hybridized carbons (Fsp3) is 0.864. The van der Waals surface area contributed by atoms with E-state index in [2.05, 4.69) is 26.0 Å². The Morgan fingerprint density at radius 3 is 1.88 bits per heavy atom. The molecule has 0 saturated carbocycles. The highest BCUT2D eigenvalue weighted by Gasteiger charge is 2.20. The predicted molar refractivity (Wildman–Crippen MR) is 103 cm³/mol. The van der Waals surface area contributed by atoms with Crippen LogP contribution in [0, 0.1) is 11.8 Å². The van der Waals surface area contributed by atoms with E-state index < -0.39 is 6.10 Å². The third kappa shape index (κ3) is 11.0. The third-order valence-electron chi connectivity index (χ3n) is 5.35. The summed E-state index contributed by atoms with van der Waals surface area (Å²) in [7, 11) is 0. The molecule has 0 aromatic carbocycles. The Labute approximate surface area is 150 Å². The first-order valence-corrected chi connectivity index (χ1v) is 10.5. The molecule has 0 radical (unpaired) electrons. The lowest BCUT2D eigenvalue weighted by atomic mass is 9.90. The summed E-state index contributed by atoms with van der Waals surface area (Å²) in [5.74, 6) is 0.923. The van der Waals surface area contributed by atoms with E-state index in [0.29, 0.717) is 24.7 Å². The maximum absolute atomic E-state index is 12.2. The van der Waals surface area contributed by atoms with Crippen LogP contribution in [0.25, 0.3) is 0 Å². The van der Waals surface area contributed by atoms with Crippen LogP contribution in [0.3, 0.4) is 0 Å². The molecule has 140 valence electrons. The zero-order chi connectivity index (χ0) is 17.6. The number of allylic oxidation sites excluding steroid dienone is 2. The maximum Gasteiger partial charge on any atom is 0.161 e. The molecule has 0 saturated heterocycles. The fourth-order valence-electron chi connectivity index (χ4n) is 3.66. The minimum absolute atomic E-state index is 0.0638. The molecule has 1 aliphatic carbocycles. The zero-order valence-electron chi connectivity index (χ0n) is 16.1. The van der Waals surface area contributed by atoms with Gasteiger partial charge in [-0.15, -0.1) is 0 Å². The van der Waals surface area contributed by atoms with E-state index in [4.69, 9.17) is 0 Å². The summed E-state index contributed by atoms with van der Waals surface area (Å²) < 4.78 is 0. The number of carbonyl (C=O) groups is 1. The van der Waals surface area contributed by atoms with E-state index in [1.807, 2.05) is 0 Å². The molecule has 0 aromatic rings. The number of hydrogen-bond donors (Lipinski definition) is 1. The van der Waals surface area contributed by atoms with E-state index in [1.54, 1.807) is 0 Å². The molecular formula is C22H40O2. The van der Waals surface area contributed by atoms with Gasteiger partial charge in [0.05, 0.1) is 0 Å². The Bertz CT molecular complexity index is 348. The SMILES string of the molecule is CC1CCCCCC/C=C\CCCCCCC(C)CC(O)C(=O)C1. The molecular weight excluding hydrogens is 296 g/mol. The minimum Gasteiger partial charge on any atom is -0.385 e. The third-order valence-corrected chi connectivity index (χ3v) is 5.35. The van der Waals surface area contributed by atoms with Crippen molar-refractivity contribution in [3.05, 3.63) is 12.2 Å². The van der Waals surface area contributed by atoms with Gasteiger partial charge >= 0.3 is 0 Å². The van der Waals surface area contributed by atoms with Gasteiger partial charge in [0.15, 0.2) is 5.78 Å². The van der Waals surface area contributed by atoms with Crippen molar-refractivity contribution in [2.45, 2.75) is 110 Å². The van der Waals surface area contributed by atoms with E-state index in [9.17, 15) is 9.90 Å². The second-order valence-electron chi connectivity index (χ2n) is 8.09. The van der Waals surface area contributed by atoms with Crippen molar-refractivity contribution in [3.8, 4) is 0 Å². The largest absolute Gasteiger partial charge is 0.385 e.